The summed E-state index contributed by atoms with van der Waals surface area (Å²) in [6, 6.07) is 1.56. The van der Waals surface area contributed by atoms with Crippen molar-refractivity contribution in [3.05, 3.63) is 23.7 Å². The number of hydrogen-bond donors (Lipinski definition) is 2. The second-order valence-electron chi connectivity index (χ2n) is 4.83. The van der Waals surface area contributed by atoms with Crippen LogP contribution in [0.1, 0.15) is 38.2 Å². The van der Waals surface area contributed by atoms with Gasteiger partial charge >= 0.3 is 5.97 Å². The molecule has 5 nitrogen and oxygen atoms in total. The molecule has 0 radical (unpaired) electrons. The highest BCUT2D eigenvalue weighted by Crippen LogP contribution is 2.21. The summed E-state index contributed by atoms with van der Waals surface area (Å²) in [6.45, 7) is 4.78. The Morgan fingerprint density at radius 1 is 1.53 bits per heavy atom. The van der Waals surface area contributed by atoms with Crippen LogP contribution in [-0.4, -0.2) is 22.8 Å². The van der Waals surface area contributed by atoms with Gasteiger partial charge in [-0.05, 0) is 26.8 Å². The highest BCUT2D eigenvalue weighted by atomic mass is 16.5. The van der Waals surface area contributed by atoms with Crippen LogP contribution in [0, 0.1) is 5.41 Å². The smallest absolute Gasteiger partial charge is 0.311 e. The Morgan fingerprint density at radius 2 is 2.18 bits per heavy atom. The van der Waals surface area contributed by atoms with Gasteiger partial charge in [0.25, 0.3) is 0 Å². The summed E-state index contributed by atoms with van der Waals surface area (Å²) in [5.74, 6) is -0.164. The van der Waals surface area contributed by atoms with Crippen LogP contribution < -0.4 is 0 Å². The first kappa shape index (κ1) is 13.7. The summed E-state index contributed by atoms with van der Waals surface area (Å²) in [5.41, 5.74) is -0.118. The van der Waals surface area contributed by atoms with Crippen molar-refractivity contribution in [2.45, 2.75) is 33.5 Å². The Balaban J connectivity index is 2.56. The maximum Gasteiger partial charge on any atom is 0.311 e. The van der Waals surface area contributed by atoms with Crippen molar-refractivity contribution in [2.24, 2.45) is 5.41 Å². The number of esters is 1. The molecule has 1 atom stereocenters. The van der Waals surface area contributed by atoms with Crippen LogP contribution in [0.25, 0.3) is 0 Å². The van der Waals surface area contributed by atoms with Crippen molar-refractivity contribution in [2.75, 3.05) is 6.61 Å². The number of carbonyl (C=O) groups excluding carboxylic acids is 1. The molecule has 0 spiro atoms. The predicted octanol–water partition coefficient (Wildman–Crippen LogP) is 1.39. The molecule has 0 bridgehead atoms. The Hall–Kier alpha value is -1.33. The van der Waals surface area contributed by atoms with E-state index in [9.17, 15) is 9.90 Å². The normalized spacial score (nSPS) is 13.5. The Kier molecular flexibility index (Phi) is 4.31. The number of rotatable bonds is 4. The second kappa shape index (κ2) is 5.33. The molecule has 1 heterocycles. The molecule has 17 heavy (non-hydrogen) atoms. The van der Waals surface area contributed by atoms with Gasteiger partial charge in [-0.1, -0.05) is 0 Å². The lowest BCUT2D eigenvalue weighted by Gasteiger charge is -2.18. The Morgan fingerprint density at radius 3 is 2.71 bits per heavy atom. The maximum atomic E-state index is 11.5. The number of hydrogen-bond acceptors (Lipinski definition) is 5. The van der Waals surface area contributed by atoms with E-state index < -0.39 is 17.5 Å². The molecule has 5 heteroatoms. The zero-order valence-corrected chi connectivity index (χ0v) is 10.3. The Bertz CT molecular complexity index is 374. The van der Waals surface area contributed by atoms with Gasteiger partial charge in [0.1, 0.15) is 18.5 Å². The van der Waals surface area contributed by atoms with Crippen LogP contribution in [0.3, 0.4) is 0 Å². The molecule has 0 aliphatic heterocycles. The summed E-state index contributed by atoms with van der Waals surface area (Å²) in [4.78, 5) is 11.5. The minimum absolute atomic E-state index is 0.184. The molecule has 0 fully saturated rings. The van der Waals surface area contributed by atoms with Crippen molar-refractivity contribution in [3.63, 3.8) is 0 Å². The van der Waals surface area contributed by atoms with Crippen molar-refractivity contribution in [1.29, 1.82) is 0 Å². The summed E-state index contributed by atoms with van der Waals surface area (Å²) < 4.78 is 9.99. The predicted molar refractivity (Wildman–Crippen MR) is 60.0 cm³/mol. The largest absolute Gasteiger partial charge is 0.466 e. The molecule has 0 aromatic carbocycles. The molecule has 1 aromatic heterocycles. The number of aliphatic hydroxyl groups excluding tert-OH is 2. The average Bonchev–Trinajstić information content (AvgIpc) is 2.71. The highest BCUT2D eigenvalue weighted by Gasteiger charge is 2.25. The van der Waals surface area contributed by atoms with Gasteiger partial charge in [-0.25, -0.2) is 0 Å². The summed E-state index contributed by atoms with van der Waals surface area (Å²) in [5, 5.41) is 18.7. The van der Waals surface area contributed by atoms with Crippen LogP contribution >= 0.6 is 0 Å². The summed E-state index contributed by atoms with van der Waals surface area (Å²) >= 11 is 0. The van der Waals surface area contributed by atoms with Crippen LogP contribution in [0.2, 0.25) is 0 Å². The quantitative estimate of drug-likeness (QED) is 0.780. The first-order chi connectivity index (χ1) is 7.86. The molecule has 0 amide bonds. The highest BCUT2D eigenvalue weighted by molar-refractivity contribution is 5.75. The molecule has 0 unspecified atom stereocenters. The lowest BCUT2D eigenvalue weighted by Crippen LogP contribution is -2.25. The number of aliphatic hydroxyl groups is 2. The van der Waals surface area contributed by atoms with Gasteiger partial charge in [0.2, 0.25) is 0 Å². The van der Waals surface area contributed by atoms with E-state index in [1.807, 2.05) is 0 Å². The maximum absolute atomic E-state index is 11.5. The topological polar surface area (TPSA) is 79.9 Å². The molecular weight excluding hydrogens is 224 g/mol. The lowest BCUT2D eigenvalue weighted by atomic mass is 9.97. The van der Waals surface area contributed by atoms with Crippen molar-refractivity contribution >= 4 is 5.97 Å². The SMILES string of the molecule is CC(C)(C)C(=O)OC[C@@H](O)c1occc1CO. The first-order valence-corrected chi connectivity index (χ1v) is 5.38. The van der Waals surface area contributed by atoms with E-state index >= 15 is 0 Å². The zero-order chi connectivity index (χ0) is 13.1. The van der Waals surface area contributed by atoms with Crippen molar-refractivity contribution in [1.82, 2.24) is 0 Å². The van der Waals surface area contributed by atoms with Crippen LogP contribution in [0.5, 0.6) is 0 Å². The third-order valence-electron chi connectivity index (χ3n) is 2.24. The molecule has 1 aromatic rings. The molecule has 0 aliphatic carbocycles. The lowest BCUT2D eigenvalue weighted by molar-refractivity contribution is -0.156. The van der Waals surface area contributed by atoms with Gasteiger partial charge in [0.15, 0.2) is 0 Å². The van der Waals surface area contributed by atoms with E-state index in [-0.39, 0.29) is 19.0 Å². The first-order valence-electron chi connectivity index (χ1n) is 5.38. The minimum atomic E-state index is -1.06. The van der Waals surface area contributed by atoms with E-state index in [1.54, 1.807) is 26.8 Å². The third-order valence-corrected chi connectivity index (χ3v) is 2.24. The zero-order valence-electron chi connectivity index (χ0n) is 10.3. The second-order valence-corrected chi connectivity index (χ2v) is 4.83. The van der Waals surface area contributed by atoms with Crippen LogP contribution in [-0.2, 0) is 16.1 Å². The van der Waals surface area contributed by atoms with Crippen molar-refractivity contribution < 1.29 is 24.2 Å². The molecule has 96 valence electrons. The molecule has 0 saturated carbocycles. The number of furan rings is 1. The van der Waals surface area contributed by atoms with E-state index in [2.05, 4.69) is 0 Å². The molecule has 1 rings (SSSR count). The van der Waals surface area contributed by atoms with Crippen molar-refractivity contribution in [3.8, 4) is 0 Å². The molecular formula is C12H18O5. The van der Waals surface area contributed by atoms with Gasteiger partial charge in [0.05, 0.1) is 18.3 Å². The van der Waals surface area contributed by atoms with Crippen LogP contribution in [0.15, 0.2) is 16.7 Å². The molecule has 2 N–H and O–H groups in total. The Labute approximate surface area is 100 Å². The van der Waals surface area contributed by atoms with Gasteiger partial charge in [0, 0.05) is 5.56 Å². The number of ether oxygens (including phenoxy) is 1. The van der Waals surface area contributed by atoms with E-state index in [1.165, 1.54) is 6.26 Å². The average molecular weight is 242 g/mol. The summed E-state index contributed by atoms with van der Waals surface area (Å²) in [6.07, 6.45) is 0.314. The molecule has 0 aliphatic rings. The van der Waals surface area contributed by atoms with E-state index in [0.717, 1.165) is 0 Å². The van der Waals surface area contributed by atoms with Gasteiger partial charge in [-0.15, -0.1) is 0 Å². The van der Waals surface area contributed by atoms with Gasteiger partial charge in [-0.2, -0.15) is 0 Å². The minimum Gasteiger partial charge on any atom is -0.466 e. The third kappa shape index (κ3) is 3.57. The molecule has 0 saturated heterocycles. The van der Waals surface area contributed by atoms with Crippen LogP contribution in [0.4, 0.5) is 0 Å². The fourth-order valence-electron chi connectivity index (χ4n) is 1.22. The summed E-state index contributed by atoms with van der Waals surface area (Å²) in [7, 11) is 0. The monoisotopic (exact) mass is 242 g/mol. The fraction of sp³-hybridized carbons (Fsp3) is 0.583. The van der Waals surface area contributed by atoms with E-state index in [4.69, 9.17) is 14.3 Å². The van der Waals surface area contributed by atoms with Gasteiger partial charge < -0.3 is 19.4 Å². The van der Waals surface area contributed by atoms with Gasteiger partial charge in [-0.3, -0.25) is 4.79 Å². The standard InChI is InChI=1S/C12H18O5/c1-12(2,3)11(15)17-7-9(14)10-8(6-13)4-5-16-10/h4-5,9,13-14H,6-7H2,1-3H3/t9-/m1/s1. The number of carbonyl (C=O) groups is 1. The fourth-order valence-corrected chi connectivity index (χ4v) is 1.22. The van der Waals surface area contributed by atoms with E-state index in [0.29, 0.717) is 5.56 Å².